The van der Waals surface area contributed by atoms with Crippen LogP contribution in [0.25, 0.3) is 0 Å². The van der Waals surface area contributed by atoms with Crippen LogP contribution in [0.3, 0.4) is 0 Å². The maximum atomic E-state index is 12.8. The van der Waals surface area contributed by atoms with E-state index < -0.39 is 10.0 Å². The van der Waals surface area contributed by atoms with Gasteiger partial charge in [0.15, 0.2) is 0 Å². The Hall–Kier alpha value is -0.400. The third-order valence-corrected chi connectivity index (χ3v) is 7.92. The van der Waals surface area contributed by atoms with Crippen molar-refractivity contribution in [3.8, 4) is 0 Å². The van der Waals surface area contributed by atoms with Gasteiger partial charge in [0.2, 0.25) is 0 Å². The molecule has 1 aliphatic rings. The quantitative estimate of drug-likeness (QED) is 0.741. The summed E-state index contributed by atoms with van der Waals surface area (Å²) in [7, 11) is -3.47. The lowest BCUT2D eigenvalue weighted by Gasteiger charge is -2.24. The Bertz CT molecular complexity index is 760. The number of halogens is 2. The molecule has 21 heavy (non-hydrogen) atoms. The average Bonchev–Trinajstić information content (AvgIpc) is 3.08. The summed E-state index contributed by atoms with van der Waals surface area (Å²) in [6, 6.07) is 10.7. The fourth-order valence-electron chi connectivity index (χ4n) is 2.64. The van der Waals surface area contributed by atoms with Crippen LogP contribution in [0.1, 0.15) is 24.4 Å². The molecule has 0 N–H and O–H groups in total. The van der Waals surface area contributed by atoms with Gasteiger partial charge in [-0.3, -0.25) is 0 Å². The van der Waals surface area contributed by atoms with E-state index in [9.17, 15) is 8.42 Å². The Kier molecular flexibility index (Phi) is 4.43. The molecule has 0 bridgehead atoms. The normalized spacial score (nSPS) is 20.0. The topological polar surface area (TPSA) is 37.4 Å². The molecule has 0 spiro atoms. The first kappa shape index (κ1) is 15.5. The maximum Gasteiger partial charge on any atom is 0.253 e. The van der Waals surface area contributed by atoms with Crippen LogP contribution < -0.4 is 0 Å². The van der Waals surface area contributed by atoms with Crippen molar-refractivity contribution >= 4 is 48.9 Å². The van der Waals surface area contributed by atoms with Crippen molar-refractivity contribution in [1.29, 1.82) is 0 Å². The smallest absolute Gasteiger partial charge is 0.206 e. The van der Waals surface area contributed by atoms with Gasteiger partial charge in [0.05, 0.1) is 9.83 Å². The highest BCUT2D eigenvalue weighted by molar-refractivity contribution is 9.11. The van der Waals surface area contributed by atoms with Crippen LogP contribution in [0.4, 0.5) is 0 Å². The summed E-state index contributed by atoms with van der Waals surface area (Å²) < 4.78 is 28.4. The fourth-order valence-corrected chi connectivity index (χ4v) is 6.71. The third kappa shape index (κ3) is 2.92. The lowest BCUT2D eigenvalue weighted by molar-refractivity contribution is 0.398. The zero-order valence-corrected chi connectivity index (χ0v) is 15.0. The van der Waals surface area contributed by atoms with Gasteiger partial charge in [-0.05, 0) is 52.5 Å². The van der Waals surface area contributed by atoms with Crippen LogP contribution in [0.5, 0.6) is 0 Å². The molecule has 1 fully saturated rings. The van der Waals surface area contributed by atoms with Gasteiger partial charge in [-0.15, -0.1) is 11.3 Å². The molecule has 1 aliphatic heterocycles. The van der Waals surface area contributed by atoms with Gasteiger partial charge in [-0.2, -0.15) is 4.31 Å². The summed E-state index contributed by atoms with van der Waals surface area (Å²) in [6.45, 7) is 0.535. The van der Waals surface area contributed by atoms with Crippen LogP contribution in [-0.2, 0) is 10.0 Å². The molecule has 1 unspecified atom stereocenters. The first-order chi connectivity index (χ1) is 10.00. The van der Waals surface area contributed by atoms with Crippen molar-refractivity contribution in [2.45, 2.75) is 23.1 Å². The predicted molar refractivity (Wildman–Crippen MR) is 89.3 cm³/mol. The molecular formula is C14H13BrClNO2S2. The van der Waals surface area contributed by atoms with Crippen molar-refractivity contribution in [3.63, 3.8) is 0 Å². The van der Waals surface area contributed by atoms with Gasteiger partial charge in [-0.25, -0.2) is 8.42 Å². The number of thiophene rings is 1. The van der Waals surface area contributed by atoms with Crippen LogP contribution in [0, 0.1) is 0 Å². The molecule has 0 aliphatic carbocycles. The second-order valence-electron chi connectivity index (χ2n) is 4.85. The Balaban J connectivity index is 2.00. The maximum absolute atomic E-state index is 12.8. The highest BCUT2D eigenvalue weighted by Crippen LogP contribution is 2.40. The molecule has 1 saturated heterocycles. The fraction of sp³-hybridized carbons (Fsp3) is 0.286. The second kappa shape index (κ2) is 6.01. The molecule has 0 saturated carbocycles. The molecule has 1 atom stereocenters. The van der Waals surface area contributed by atoms with Gasteiger partial charge >= 0.3 is 0 Å². The summed E-state index contributed by atoms with van der Waals surface area (Å²) in [5, 5.41) is 0.622. The van der Waals surface area contributed by atoms with Crippen molar-refractivity contribution in [3.05, 3.63) is 50.8 Å². The number of nitrogens with zero attached hydrogens (tertiary/aromatic N) is 1. The molecule has 0 radical (unpaired) electrons. The lowest BCUT2D eigenvalue weighted by atomic mass is 10.1. The Morgan fingerprint density at radius 1 is 1.24 bits per heavy atom. The Morgan fingerprint density at radius 2 is 2.00 bits per heavy atom. The largest absolute Gasteiger partial charge is 0.253 e. The van der Waals surface area contributed by atoms with Gasteiger partial charge in [0.1, 0.15) is 4.21 Å². The molecule has 2 heterocycles. The number of hydrogen-bond acceptors (Lipinski definition) is 3. The van der Waals surface area contributed by atoms with Crippen LogP contribution in [0.15, 0.2) is 44.4 Å². The Labute approximate surface area is 141 Å². The molecule has 112 valence electrons. The van der Waals surface area contributed by atoms with Gasteiger partial charge in [0, 0.05) is 11.6 Å². The lowest BCUT2D eigenvalue weighted by Crippen LogP contribution is -2.30. The van der Waals surface area contributed by atoms with Crippen LogP contribution in [0.2, 0.25) is 5.02 Å². The number of sulfonamides is 1. The molecule has 3 nitrogen and oxygen atoms in total. The monoisotopic (exact) mass is 405 g/mol. The van der Waals surface area contributed by atoms with E-state index in [1.807, 2.05) is 24.3 Å². The average molecular weight is 407 g/mol. The summed E-state index contributed by atoms with van der Waals surface area (Å²) in [4.78, 5) is 0. The summed E-state index contributed by atoms with van der Waals surface area (Å²) >= 11 is 10.8. The zero-order chi connectivity index (χ0) is 15.0. The first-order valence-corrected chi connectivity index (χ1v) is 9.94. The number of benzene rings is 1. The summed E-state index contributed by atoms with van der Waals surface area (Å²) in [5.41, 5.74) is 0.885. The van der Waals surface area contributed by atoms with Crippen molar-refractivity contribution in [1.82, 2.24) is 4.31 Å². The van der Waals surface area contributed by atoms with E-state index >= 15 is 0 Å². The summed E-state index contributed by atoms with van der Waals surface area (Å²) in [5.74, 6) is 0. The van der Waals surface area contributed by atoms with E-state index in [1.165, 1.54) is 11.3 Å². The van der Waals surface area contributed by atoms with E-state index in [-0.39, 0.29) is 6.04 Å². The standard InChI is InChI=1S/C14H13BrClNO2S2/c15-13-7-8-14(20-13)21(18,19)17-9-3-6-12(17)10-4-1-2-5-11(10)16/h1-2,4-5,7-8,12H,3,6,9H2. The molecule has 2 aromatic rings. The molecule has 1 aromatic carbocycles. The highest BCUT2D eigenvalue weighted by atomic mass is 79.9. The minimum Gasteiger partial charge on any atom is -0.206 e. The molecule has 0 amide bonds. The molecule has 1 aromatic heterocycles. The molecule has 7 heteroatoms. The van der Waals surface area contributed by atoms with Gasteiger partial charge in [-0.1, -0.05) is 29.8 Å². The second-order valence-corrected chi connectivity index (χ2v) is 9.84. The van der Waals surface area contributed by atoms with E-state index in [2.05, 4.69) is 15.9 Å². The first-order valence-electron chi connectivity index (χ1n) is 6.52. The van der Waals surface area contributed by atoms with E-state index in [0.29, 0.717) is 15.8 Å². The van der Waals surface area contributed by atoms with Crippen molar-refractivity contribution in [2.24, 2.45) is 0 Å². The van der Waals surface area contributed by atoms with Gasteiger partial charge < -0.3 is 0 Å². The molecule has 3 rings (SSSR count). The van der Waals surface area contributed by atoms with Crippen LogP contribution >= 0.6 is 38.9 Å². The van der Waals surface area contributed by atoms with Crippen molar-refractivity contribution < 1.29 is 8.42 Å². The van der Waals surface area contributed by atoms with Crippen LogP contribution in [-0.4, -0.2) is 19.3 Å². The van der Waals surface area contributed by atoms with Gasteiger partial charge in [0.25, 0.3) is 10.0 Å². The minimum absolute atomic E-state index is 0.176. The van der Waals surface area contributed by atoms with E-state index in [1.54, 1.807) is 16.4 Å². The third-order valence-electron chi connectivity index (χ3n) is 3.58. The summed E-state index contributed by atoms with van der Waals surface area (Å²) in [6.07, 6.45) is 1.65. The number of rotatable bonds is 3. The Morgan fingerprint density at radius 3 is 2.67 bits per heavy atom. The minimum atomic E-state index is -3.47. The van der Waals surface area contributed by atoms with Crippen molar-refractivity contribution in [2.75, 3.05) is 6.54 Å². The SMILES string of the molecule is O=S(=O)(c1ccc(Br)s1)N1CCCC1c1ccccc1Cl. The predicted octanol–water partition coefficient (Wildman–Crippen LogP) is 4.69. The highest BCUT2D eigenvalue weighted by Gasteiger charge is 2.37. The molecular weight excluding hydrogens is 394 g/mol. The number of hydrogen-bond donors (Lipinski definition) is 0. The zero-order valence-electron chi connectivity index (χ0n) is 11.0. The van der Waals surface area contributed by atoms with E-state index in [0.717, 1.165) is 22.2 Å². The van der Waals surface area contributed by atoms with E-state index in [4.69, 9.17) is 11.6 Å².